The summed E-state index contributed by atoms with van der Waals surface area (Å²) >= 11 is 0. The topological polar surface area (TPSA) is 169 Å². The molecule has 0 aromatic carbocycles. The van der Waals surface area contributed by atoms with Gasteiger partial charge in [0.05, 0.1) is 13.7 Å². The molecular formula is C11H12N4O9S. The predicted molar refractivity (Wildman–Crippen MR) is 73.9 cm³/mol. The first-order valence-corrected chi connectivity index (χ1v) is 8.12. The van der Waals surface area contributed by atoms with Crippen molar-refractivity contribution in [1.82, 2.24) is 19.7 Å². The van der Waals surface area contributed by atoms with Crippen molar-refractivity contribution in [2.75, 3.05) is 13.7 Å². The van der Waals surface area contributed by atoms with E-state index in [1.165, 1.54) is 6.20 Å². The second-order valence-electron chi connectivity index (χ2n) is 5.27. The summed E-state index contributed by atoms with van der Waals surface area (Å²) in [5.74, 6) is -2.04. The number of carboxylic acids is 1. The van der Waals surface area contributed by atoms with E-state index in [9.17, 15) is 22.8 Å². The SMILES string of the molecule is COC(=O)C1c2nn(CC(=O)O)cc2[C@H]2CN1C(=O)N2OS(=O)(=O)O. The van der Waals surface area contributed by atoms with Gasteiger partial charge < -0.3 is 14.7 Å². The molecule has 2 aliphatic heterocycles. The van der Waals surface area contributed by atoms with E-state index in [4.69, 9.17) is 9.66 Å². The van der Waals surface area contributed by atoms with Crippen LogP contribution in [0.2, 0.25) is 0 Å². The number of carbonyl (C=O) groups is 3. The normalized spacial score (nSPS) is 22.1. The van der Waals surface area contributed by atoms with Gasteiger partial charge in [0.25, 0.3) is 0 Å². The second kappa shape index (κ2) is 5.68. The van der Waals surface area contributed by atoms with Crippen molar-refractivity contribution in [2.24, 2.45) is 0 Å². The van der Waals surface area contributed by atoms with E-state index in [0.717, 1.165) is 16.7 Å². The molecule has 2 amide bonds. The Morgan fingerprint density at radius 1 is 1.44 bits per heavy atom. The maximum atomic E-state index is 12.3. The van der Waals surface area contributed by atoms with Gasteiger partial charge in [-0.1, -0.05) is 0 Å². The molecular weight excluding hydrogens is 364 g/mol. The minimum Gasteiger partial charge on any atom is -0.480 e. The molecule has 25 heavy (non-hydrogen) atoms. The van der Waals surface area contributed by atoms with Crippen molar-refractivity contribution in [2.45, 2.75) is 18.6 Å². The number of hydrogen-bond acceptors (Lipinski definition) is 8. The molecule has 2 N–H and O–H groups in total. The van der Waals surface area contributed by atoms with Crippen LogP contribution in [0.25, 0.3) is 0 Å². The zero-order valence-corrected chi connectivity index (χ0v) is 13.4. The number of hydrogen-bond donors (Lipinski definition) is 2. The highest BCUT2D eigenvalue weighted by atomic mass is 32.3. The lowest BCUT2D eigenvalue weighted by molar-refractivity contribution is -0.146. The van der Waals surface area contributed by atoms with Gasteiger partial charge in [0.2, 0.25) is 0 Å². The summed E-state index contributed by atoms with van der Waals surface area (Å²) in [6.07, 6.45) is 1.26. The van der Waals surface area contributed by atoms with Crippen LogP contribution in [-0.4, -0.2) is 69.4 Å². The van der Waals surface area contributed by atoms with Crippen LogP contribution in [0.4, 0.5) is 4.79 Å². The monoisotopic (exact) mass is 376 g/mol. The maximum Gasteiger partial charge on any atom is 0.418 e. The minimum absolute atomic E-state index is 0.0409. The first-order chi connectivity index (χ1) is 11.6. The molecule has 0 radical (unpaired) electrons. The van der Waals surface area contributed by atoms with Crippen molar-refractivity contribution in [3.05, 3.63) is 17.5 Å². The third-order valence-electron chi connectivity index (χ3n) is 3.73. The largest absolute Gasteiger partial charge is 0.480 e. The molecule has 1 unspecified atom stereocenters. The summed E-state index contributed by atoms with van der Waals surface area (Å²) in [7, 11) is -3.90. The molecule has 1 aromatic heterocycles. The summed E-state index contributed by atoms with van der Waals surface area (Å²) in [6, 6.07) is -3.29. The van der Waals surface area contributed by atoms with Crippen LogP contribution in [0, 0.1) is 0 Å². The molecule has 0 saturated carbocycles. The lowest BCUT2D eigenvalue weighted by atomic mass is 9.98. The summed E-state index contributed by atoms with van der Waals surface area (Å²) in [4.78, 5) is 36.2. The average molecular weight is 376 g/mol. The number of amides is 2. The van der Waals surface area contributed by atoms with Crippen molar-refractivity contribution in [3.63, 3.8) is 0 Å². The molecule has 2 aliphatic rings. The lowest BCUT2D eigenvalue weighted by Crippen LogP contribution is -2.39. The molecule has 0 aliphatic carbocycles. The number of urea groups is 1. The predicted octanol–water partition coefficient (Wildman–Crippen LogP) is -1.29. The number of aromatic nitrogens is 2. The molecule has 2 bridgehead atoms. The number of ether oxygens (including phenoxy) is 1. The van der Waals surface area contributed by atoms with E-state index in [1.54, 1.807) is 0 Å². The number of nitrogens with zero attached hydrogens (tertiary/aromatic N) is 4. The van der Waals surface area contributed by atoms with Gasteiger partial charge in [-0.15, -0.1) is 4.28 Å². The molecule has 13 nitrogen and oxygen atoms in total. The highest BCUT2D eigenvalue weighted by molar-refractivity contribution is 7.80. The molecule has 1 fully saturated rings. The quantitative estimate of drug-likeness (QED) is 0.465. The molecule has 14 heteroatoms. The molecule has 0 spiro atoms. The Balaban J connectivity index is 2.08. The fourth-order valence-electron chi connectivity index (χ4n) is 2.86. The summed E-state index contributed by atoms with van der Waals surface area (Å²) in [5.41, 5.74) is 0.251. The van der Waals surface area contributed by atoms with Crippen molar-refractivity contribution < 1.29 is 41.5 Å². The Morgan fingerprint density at radius 2 is 2.12 bits per heavy atom. The van der Waals surface area contributed by atoms with E-state index in [1.807, 2.05) is 0 Å². The number of carbonyl (C=O) groups excluding carboxylic acids is 2. The highest BCUT2D eigenvalue weighted by Gasteiger charge is 2.54. The molecule has 136 valence electrons. The summed E-state index contributed by atoms with van der Waals surface area (Å²) < 4.78 is 40.8. The minimum atomic E-state index is -5.00. The number of hydroxylamine groups is 2. The molecule has 3 heterocycles. The number of aliphatic carboxylic acids is 1. The van der Waals surface area contributed by atoms with Crippen molar-refractivity contribution in [1.29, 1.82) is 0 Å². The number of carboxylic acid groups (broad SMARTS) is 1. The van der Waals surface area contributed by atoms with E-state index in [0.29, 0.717) is 5.06 Å². The van der Waals surface area contributed by atoms with E-state index in [2.05, 4.69) is 14.1 Å². The third-order valence-corrected chi connectivity index (χ3v) is 4.08. The fourth-order valence-corrected chi connectivity index (χ4v) is 3.23. The average Bonchev–Trinajstić information content (AvgIpc) is 3.01. The smallest absolute Gasteiger partial charge is 0.418 e. The number of fused-ring (bicyclic) bond motifs is 4. The third kappa shape index (κ3) is 2.90. The van der Waals surface area contributed by atoms with E-state index < -0.39 is 47.0 Å². The molecule has 2 atom stereocenters. The van der Waals surface area contributed by atoms with Crippen LogP contribution >= 0.6 is 0 Å². The second-order valence-corrected chi connectivity index (χ2v) is 6.27. The highest BCUT2D eigenvalue weighted by Crippen LogP contribution is 2.44. The van der Waals surface area contributed by atoms with E-state index >= 15 is 0 Å². The van der Waals surface area contributed by atoms with Crippen molar-refractivity contribution in [3.8, 4) is 0 Å². The Kier molecular flexibility index (Phi) is 3.89. The zero-order chi connectivity index (χ0) is 18.5. The van der Waals surface area contributed by atoms with Crippen LogP contribution < -0.4 is 0 Å². The van der Waals surface area contributed by atoms with Gasteiger partial charge in [0, 0.05) is 11.8 Å². The fraction of sp³-hybridized carbons (Fsp3) is 0.455. The lowest BCUT2D eigenvalue weighted by Gasteiger charge is -2.27. The van der Waals surface area contributed by atoms with Crippen molar-refractivity contribution >= 4 is 28.4 Å². The summed E-state index contributed by atoms with van der Waals surface area (Å²) in [5, 5.41) is 13.3. The van der Waals surface area contributed by atoms with Crippen LogP contribution in [0.1, 0.15) is 23.3 Å². The van der Waals surface area contributed by atoms with Gasteiger partial charge in [0.15, 0.2) is 6.04 Å². The molecule has 1 saturated heterocycles. The van der Waals surface area contributed by atoms with Gasteiger partial charge in [-0.05, 0) is 0 Å². The Labute approximate surface area is 140 Å². The van der Waals surface area contributed by atoms with Gasteiger partial charge in [-0.25, -0.2) is 9.59 Å². The molecule has 3 rings (SSSR count). The first kappa shape index (κ1) is 17.1. The number of rotatable bonds is 5. The van der Waals surface area contributed by atoms with Gasteiger partial charge >= 0.3 is 28.4 Å². The Bertz CT molecular complexity index is 863. The standard InChI is InChI=1S/C11H12N4O9S/c1-23-10(18)9-8-5(2-13(12-8)4-7(16)17)6-3-14(9)11(19)15(6)24-25(20,21)22/h2,6,9H,3-4H2,1H3,(H,16,17)(H,20,21,22)/t6-,9?/m1/s1. The van der Waals surface area contributed by atoms with Crippen LogP contribution in [-0.2, 0) is 35.6 Å². The van der Waals surface area contributed by atoms with Gasteiger partial charge in [-0.3, -0.25) is 14.0 Å². The van der Waals surface area contributed by atoms with Gasteiger partial charge in [0.1, 0.15) is 18.3 Å². The van der Waals surface area contributed by atoms with Crippen LogP contribution in [0.5, 0.6) is 0 Å². The first-order valence-electron chi connectivity index (χ1n) is 6.76. The number of methoxy groups -OCH3 is 1. The Morgan fingerprint density at radius 3 is 2.68 bits per heavy atom. The summed E-state index contributed by atoms with van der Waals surface area (Å²) in [6.45, 7) is -0.652. The Hall–Kier alpha value is -2.71. The van der Waals surface area contributed by atoms with Gasteiger partial charge in [-0.2, -0.15) is 18.6 Å². The number of esters is 1. The van der Waals surface area contributed by atoms with Crippen LogP contribution in [0.15, 0.2) is 6.20 Å². The zero-order valence-electron chi connectivity index (χ0n) is 12.6. The maximum absolute atomic E-state index is 12.3. The van der Waals surface area contributed by atoms with E-state index in [-0.39, 0.29) is 17.8 Å². The van der Waals surface area contributed by atoms with Crippen LogP contribution in [0.3, 0.4) is 0 Å². The molecule has 1 aromatic rings.